The fraction of sp³-hybridized carbons (Fsp3) is 0.600. The lowest BCUT2D eigenvalue weighted by Crippen LogP contribution is -2.31. The van der Waals surface area contributed by atoms with Gasteiger partial charge in [-0.1, -0.05) is 12.2 Å². The molecule has 1 aromatic rings. The lowest BCUT2D eigenvalue weighted by Gasteiger charge is -2.11. The Labute approximate surface area is 99.5 Å². The SMILES string of the molecule is C/C=C/CCNCC(O)COc1cnsn1. The molecule has 1 atom stereocenters. The molecule has 90 valence electrons. The highest BCUT2D eigenvalue weighted by Gasteiger charge is 2.05. The van der Waals surface area contributed by atoms with Gasteiger partial charge in [0.05, 0.1) is 11.7 Å². The second-order valence-corrected chi connectivity index (χ2v) is 3.83. The Morgan fingerprint density at radius 1 is 1.69 bits per heavy atom. The van der Waals surface area contributed by atoms with Crippen molar-refractivity contribution in [1.29, 1.82) is 0 Å². The number of hydrogen-bond acceptors (Lipinski definition) is 6. The maximum Gasteiger partial charge on any atom is 0.245 e. The summed E-state index contributed by atoms with van der Waals surface area (Å²) < 4.78 is 12.9. The molecule has 0 aliphatic rings. The topological polar surface area (TPSA) is 67.3 Å². The van der Waals surface area contributed by atoms with E-state index in [2.05, 4.69) is 20.1 Å². The molecule has 0 spiro atoms. The van der Waals surface area contributed by atoms with Gasteiger partial charge in [0, 0.05) is 6.54 Å². The molecule has 0 fully saturated rings. The highest BCUT2D eigenvalue weighted by Crippen LogP contribution is 2.04. The first kappa shape index (κ1) is 13.1. The van der Waals surface area contributed by atoms with Gasteiger partial charge in [0.15, 0.2) is 0 Å². The van der Waals surface area contributed by atoms with Crippen molar-refractivity contribution in [3.8, 4) is 5.88 Å². The Hall–Kier alpha value is -0.980. The smallest absolute Gasteiger partial charge is 0.245 e. The van der Waals surface area contributed by atoms with Crippen molar-refractivity contribution in [1.82, 2.24) is 14.1 Å². The lowest BCUT2D eigenvalue weighted by molar-refractivity contribution is 0.104. The van der Waals surface area contributed by atoms with Crippen LogP contribution in [0.1, 0.15) is 13.3 Å². The molecule has 0 saturated heterocycles. The fourth-order valence-electron chi connectivity index (χ4n) is 1.08. The Kier molecular flexibility index (Phi) is 6.71. The van der Waals surface area contributed by atoms with Gasteiger partial charge in [0.1, 0.15) is 18.9 Å². The minimum atomic E-state index is -0.521. The number of ether oxygens (including phenoxy) is 1. The average Bonchev–Trinajstić information content (AvgIpc) is 2.79. The first-order valence-electron chi connectivity index (χ1n) is 5.23. The lowest BCUT2D eigenvalue weighted by atomic mass is 10.3. The normalized spacial score (nSPS) is 13.1. The number of rotatable bonds is 8. The number of aliphatic hydroxyl groups excluding tert-OH is 1. The van der Waals surface area contributed by atoms with E-state index in [0.29, 0.717) is 12.4 Å². The Bertz CT molecular complexity index is 290. The average molecular weight is 243 g/mol. The van der Waals surface area contributed by atoms with E-state index < -0.39 is 6.10 Å². The first-order chi connectivity index (χ1) is 7.83. The summed E-state index contributed by atoms with van der Waals surface area (Å²) in [5.74, 6) is 0.470. The molecule has 1 heterocycles. The molecule has 5 nitrogen and oxygen atoms in total. The summed E-state index contributed by atoms with van der Waals surface area (Å²) in [5, 5.41) is 12.7. The third kappa shape index (κ3) is 5.79. The summed E-state index contributed by atoms with van der Waals surface area (Å²) in [6.45, 7) is 3.61. The summed E-state index contributed by atoms with van der Waals surface area (Å²) in [7, 11) is 0. The van der Waals surface area contributed by atoms with Crippen LogP contribution in [0.5, 0.6) is 5.88 Å². The van der Waals surface area contributed by atoms with Gasteiger partial charge in [0.2, 0.25) is 5.88 Å². The van der Waals surface area contributed by atoms with Crippen LogP contribution in [0.3, 0.4) is 0 Å². The predicted molar refractivity (Wildman–Crippen MR) is 63.7 cm³/mol. The van der Waals surface area contributed by atoms with Gasteiger partial charge in [-0.2, -0.15) is 4.37 Å². The van der Waals surface area contributed by atoms with Crippen LogP contribution in [-0.2, 0) is 0 Å². The van der Waals surface area contributed by atoms with E-state index in [1.165, 1.54) is 6.20 Å². The third-order valence-corrected chi connectivity index (χ3v) is 2.33. The molecule has 16 heavy (non-hydrogen) atoms. The molecule has 0 amide bonds. The van der Waals surface area contributed by atoms with Crippen LogP contribution in [0.25, 0.3) is 0 Å². The van der Waals surface area contributed by atoms with E-state index in [4.69, 9.17) is 4.74 Å². The maximum atomic E-state index is 9.55. The highest BCUT2D eigenvalue weighted by atomic mass is 32.1. The molecule has 0 aliphatic carbocycles. The van der Waals surface area contributed by atoms with E-state index in [1.807, 2.05) is 13.0 Å². The van der Waals surface area contributed by atoms with Crippen molar-refractivity contribution in [2.75, 3.05) is 19.7 Å². The minimum absolute atomic E-state index is 0.238. The van der Waals surface area contributed by atoms with Crippen LogP contribution in [0, 0.1) is 0 Å². The van der Waals surface area contributed by atoms with Crippen LogP contribution in [-0.4, -0.2) is 39.7 Å². The largest absolute Gasteiger partial charge is 0.473 e. The molecule has 0 saturated carbocycles. The standard InChI is InChI=1S/C10H17N3O2S/c1-2-3-4-5-11-6-9(14)8-15-10-7-12-16-13-10/h2-3,7,9,11,14H,4-6,8H2,1H3/b3-2+. The van der Waals surface area contributed by atoms with Gasteiger partial charge in [0.25, 0.3) is 0 Å². The summed E-state index contributed by atoms with van der Waals surface area (Å²) >= 11 is 1.09. The second kappa shape index (κ2) is 8.20. The zero-order valence-electron chi connectivity index (χ0n) is 9.30. The number of aromatic nitrogens is 2. The number of hydrogen-bond donors (Lipinski definition) is 2. The van der Waals surface area contributed by atoms with Gasteiger partial charge in [-0.15, -0.1) is 4.37 Å². The summed E-state index contributed by atoms with van der Waals surface area (Å²) in [5.41, 5.74) is 0. The molecular formula is C10H17N3O2S. The second-order valence-electron chi connectivity index (χ2n) is 3.27. The van der Waals surface area contributed by atoms with Gasteiger partial charge < -0.3 is 15.2 Å². The fourth-order valence-corrected chi connectivity index (χ4v) is 1.45. The summed E-state index contributed by atoms with van der Waals surface area (Å²) in [4.78, 5) is 0. The van der Waals surface area contributed by atoms with Crippen LogP contribution >= 0.6 is 11.7 Å². The van der Waals surface area contributed by atoms with Crippen molar-refractivity contribution < 1.29 is 9.84 Å². The molecule has 6 heteroatoms. The van der Waals surface area contributed by atoms with Crippen LogP contribution in [0.2, 0.25) is 0 Å². The molecule has 0 bridgehead atoms. The molecule has 0 aliphatic heterocycles. The summed E-state index contributed by atoms with van der Waals surface area (Å²) in [6, 6.07) is 0. The zero-order chi connectivity index (χ0) is 11.6. The number of nitrogens with zero attached hydrogens (tertiary/aromatic N) is 2. The third-order valence-electron chi connectivity index (χ3n) is 1.87. The molecule has 1 rings (SSSR count). The van der Waals surface area contributed by atoms with Crippen LogP contribution in [0.4, 0.5) is 0 Å². The van der Waals surface area contributed by atoms with Crippen molar-refractivity contribution in [2.45, 2.75) is 19.4 Å². The van der Waals surface area contributed by atoms with E-state index in [-0.39, 0.29) is 6.61 Å². The van der Waals surface area contributed by atoms with Gasteiger partial charge in [-0.3, -0.25) is 0 Å². The van der Waals surface area contributed by atoms with Gasteiger partial charge >= 0.3 is 0 Å². The Balaban J connectivity index is 2.00. The Morgan fingerprint density at radius 3 is 3.25 bits per heavy atom. The Morgan fingerprint density at radius 2 is 2.56 bits per heavy atom. The molecular weight excluding hydrogens is 226 g/mol. The van der Waals surface area contributed by atoms with E-state index in [0.717, 1.165) is 24.7 Å². The minimum Gasteiger partial charge on any atom is -0.473 e. The number of allylic oxidation sites excluding steroid dienone is 1. The molecule has 1 aromatic heterocycles. The van der Waals surface area contributed by atoms with E-state index in [9.17, 15) is 5.11 Å². The summed E-state index contributed by atoms with van der Waals surface area (Å²) in [6.07, 6.45) is 6.08. The van der Waals surface area contributed by atoms with Gasteiger partial charge in [-0.25, -0.2) is 0 Å². The molecule has 2 N–H and O–H groups in total. The molecule has 0 aromatic carbocycles. The molecule has 1 unspecified atom stereocenters. The van der Waals surface area contributed by atoms with Crippen molar-refractivity contribution in [2.24, 2.45) is 0 Å². The quantitative estimate of drug-likeness (QED) is 0.523. The monoisotopic (exact) mass is 243 g/mol. The van der Waals surface area contributed by atoms with Crippen molar-refractivity contribution in [3.05, 3.63) is 18.3 Å². The first-order valence-corrected chi connectivity index (χ1v) is 5.96. The number of aliphatic hydroxyl groups is 1. The van der Waals surface area contributed by atoms with Gasteiger partial charge in [-0.05, 0) is 19.9 Å². The molecule has 0 radical (unpaired) electrons. The maximum absolute atomic E-state index is 9.55. The van der Waals surface area contributed by atoms with E-state index in [1.54, 1.807) is 0 Å². The van der Waals surface area contributed by atoms with Crippen molar-refractivity contribution >= 4 is 11.7 Å². The zero-order valence-corrected chi connectivity index (χ0v) is 10.1. The van der Waals surface area contributed by atoms with E-state index >= 15 is 0 Å². The number of nitrogens with one attached hydrogen (secondary N) is 1. The van der Waals surface area contributed by atoms with Crippen LogP contribution < -0.4 is 10.1 Å². The predicted octanol–water partition coefficient (Wildman–Crippen LogP) is 0.834. The van der Waals surface area contributed by atoms with Crippen molar-refractivity contribution in [3.63, 3.8) is 0 Å². The van der Waals surface area contributed by atoms with Crippen LogP contribution in [0.15, 0.2) is 18.3 Å². The highest BCUT2D eigenvalue weighted by molar-refractivity contribution is 6.99.